The Morgan fingerprint density at radius 3 is 2.39 bits per heavy atom. The first-order valence-electron chi connectivity index (χ1n) is 6.81. The number of aromatic nitrogens is 1. The van der Waals surface area contributed by atoms with E-state index in [1.54, 1.807) is 14.1 Å². The van der Waals surface area contributed by atoms with Crippen molar-refractivity contribution < 1.29 is 22.8 Å². The number of carbonyl (C=O) groups is 2. The van der Waals surface area contributed by atoms with Gasteiger partial charge in [-0.05, 0) is 18.9 Å². The lowest BCUT2D eigenvalue weighted by atomic mass is 10.0. The molecule has 1 fully saturated rings. The molecule has 4 nitrogen and oxygen atoms in total. The summed E-state index contributed by atoms with van der Waals surface area (Å²) in [7, 11) is 3.27. The molecule has 1 heterocycles. The number of pyridine rings is 1. The van der Waals surface area contributed by atoms with Crippen molar-refractivity contribution >= 4 is 23.2 Å². The van der Waals surface area contributed by atoms with Gasteiger partial charge in [0.1, 0.15) is 5.69 Å². The second-order valence-corrected chi connectivity index (χ2v) is 5.93. The normalized spacial score (nSPS) is 15.5. The van der Waals surface area contributed by atoms with Gasteiger partial charge in [0.2, 0.25) is 5.78 Å². The zero-order valence-electron chi connectivity index (χ0n) is 12.4. The highest BCUT2D eigenvalue weighted by Crippen LogP contribution is 2.35. The van der Waals surface area contributed by atoms with Crippen molar-refractivity contribution in [1.82, 2.24) is 9.88 Å². The number of carbonyl (C=O) groups excluding carboxylic acids is 2. The Labute approximate surface area is 135 Å². The molecule has 8 heteroatoms. The molecule has 1 saturated carbocycles. The molecule has 1 aliphatic rings. The van der Waals surface area contributed by atoms with Crippen molar-refractivity contribution in [3.05, 3.63) is 40.3 Å². The summed E-state index contributed by atoms with van der Waals surface area (Å²) in [5.74, 6) is -1.31. The third-order valence-corrected chi connectivity index (χ3v) is 3.52. The van der Waals surface area contributed by atoms with E-state index in [1.807, 2.05) is 0 Å². The quantitative estimate of drug-likeness (QED) is 0.355. The maximum atomic E-state index is 12.6. The summed E-state index contributed by atoms with van der Waals surface area (Å²) >= 11 is 5.78. The first kappa shape index (κ1) is 17.5. The van der Waals surface area contributed by atoms with E-state index in [0.717, 1.165) is 0 Å². The molecule has 2 rings (SSSR count). The maximum absolute atomic E-state index is 12.6. The molecule has 0 unspecified atom stereocenters. The molecular weight excluding hydrogens is 333 g/mol. The van der Waals surface area contributed by atoms with Crippen molar-refractivity contribution in [2.75, 3.05) is 14.1 Å². The number of allylic oxidation sites excluding steroid dienone is 1. The van der Waals surface area contributed by atoms with Crippen LogP contribution in [0.4, 0.5) is 13.2 Å². The minimum Gasteiger partial charge on any atom is -0.383 e. The van der Waals surface area contributed by atoms with E-state index < -0.39 is 22.5 Å². The average molecular weight is 347 g/mol. The van der Waals surface area contributed by atoms with Crippen LogP contribution in [0.1, 0.15) is 28.9 Å². The summed E-state index contributed by atoms with van der Waals surface area (Å²) in [6.07, 6.45) is -1.33. The molecular formula is C15H14ClF3N2O2. The number of halogens is 4. The Kier molecular flexibility index (Phi) is 4.79. The molecule has 124 valence electrons. The number of Topliss-reactive ketones (excluding diaryl/α,β-unsaturated/α-hetero) is 2. The van der Waals surface area contributed by atoms with Crippen LogP contribution in [0.5, 0.6) is 0 Å². The summed E-state index contributed by atoms with van der Waals surface area (Å²) in [5, 5.41) is -0.432. The van der Waals surface area contributed by atoms with Crippen LogP contribution >= 0.6 is 11.6 Å². The summed E-state index contributed by atoms with van der Waals surface area (Å²) in [6, 6.07) is 0.636. The fraction of sp³-hybridized carbons (Fsp3) is 0.400. The molecule has 1 aromatic heterocycles. The zero-order chi connectivity index (χ0) is 17.4. The Morgan fingerprint density at radius 2 is 1.96 bits per heavy atom. The molecule has 0 amide bonds. The SMILES string of the molecule is CN(C)C=C(C(=O)c1ncc(C(F)(F)F)cc1Cl)C(=O)C1CC1. The standard InChI is InChI=1S/C15H14ClF3N2O2/c1-21(2)7-10(13(22)8-3-4-8)14(23)12-11(16)5-9(6-20-12)15(17,18)19/h5-8H,3-4H2,1-2H3. The van der Waals surface area contributed by atoms with E-state index in [0.29, 0.717) is 25.1 Å². The summed E-state index contributed by atoms with van der Waals surface area (Å²) in [5.41, 5.74) is -1.53. The van der Waals surface area contributed by atoms with Gasteiger partial charge in [-0.1, -0.05) is 11.6 Å². The highest BCUT2D eigenvalue weighted by Gasteiger charge is 2.37. The molecule has 23 heavy (non-hydrogen) atoms. The monoisotopic (exact) mass is 346 g/mol. The highest BCUT2D eigenvalue weighted by atomic mass is 35.5. The van der Waals surface area contributed by atoms with E-state index in [4.69, 9.17) is 11.6 Å². The van der Waals surface area contributed by atoms with Crippen LogP contribution < -0.4 is 0 Å². The van der Waals surface area contributed by atoms with Gasteiger partial charge in [0.15, 0.2) is 5.78 Å². The number of nitrogens with zero attached hydrogens (tertiary/aromatic N) is 2. The predicted molar refractivity (Wildman–Crippen MR) is 78.1 cm³/mol. The van der Waals surface area contributed by atoms with Crippen LogP contribution in [0.15, 0.2) is 24.0 Å². The number of hydrogen-bond donors (Lipinski definition) is 0. The molecule has 1 aliphatic carbocycles. The fourth-order valence-corrected chi connectivity index (χ4v) is 2.20. The van der Waals surface area contributed by atoms with Crippen LogP contribution in [0.25, 0.3) is 0 Å². The second kappa shape index (κ2) is 6.31. The van der Waals surface area contributed by atoms with Gasteiger partial charge in [-0.25, -0.2) is 0 Å². The van der Waals surface area contributed by atoms with Gasteiger partial charge < -0.3 is 4.90 Å². The van der Waals surface area contributed by atoms with Crippen LogP contribution in [0.3, 0.4) is 0 Å². The minimum atomic E-state index is -4.61. The first-order valence-corrected chi connectivity index (χ1v) is 7.19. The van der Waals surface area contributed by atoms with Gasteiger partial charge in [0.25, 0.3) is 0 Å². The Balaban J connectivity index is 2.39. The van der Waals surface area contributed by atoms with Gasteiger partial charge >= 0.3 is 6.18 Å². The van der Waals surface area contributed by atoms with Crippen molar-refractivity contribution in [2.24, 2.45) is 5.92 Å². The van der Waals surface area contributed by atoms with Crippen molar-refractivity contribution in [1.29, 1.82) is 0 Å². The maximum Gasteiger partial charge on any atom is 0.417 e. The van der Waals surface area contributed by atoms with E-state index in [9.17, 15) is 22.8 Å². The average Bonchev–Trinajstić information content (AvgIpc) is 3.26. The topological polar surface area (TPSA) is 50.3 Å². The van der Waals surface area contributed by atoms with E-state index in [2.05, 4.69) is 4.98 Å². The van der Waals surface area contributed by atoms with E-state index in [1.165, 1.54) is 11.1 Å². The summed E-state index contributed by atoms with van der Waals surface area (Å²) in [4.78, 5) is 29.8. The van der Waals surface area contributed by atoms with Crippen LogP contribution in [0.2, 0.25) is 5.02 Å². The Morgan fingerprint density at radius 1 is 1.35 bits per heavy atom. The van der Waals surface area contributed by atoms with Crippen LogP contribution in [0, 0.1) is 5.92 Å². The fourth-order valence-electron chi connectivity index (χ4n) is 1.95. The third-order valence-electron chi connectivity index (χ3n) is 3.23. The number of rotatable bonds is 5. The lowest BCUT2D eigenvalue weighted by molar-refractivity contribution is -0.137. The first-order chi connectivity index (χ1) is 10.6. The van der Waals surface area contributed by atoms with Gasteiger partial charge in [0, 0.05) is 32.4 Å². The molecule has 0 spiro atoms. The van der Waals surface area contributed by atoms with E-state index in [-0.39, 0.29) is 23.0 Å². The number of alkyl halides is 3. The molecule has 0 radical (unpaired) electrons. The number of ketones is 2. The lowest BCUT2D eigenvalue weighted by Gasteiger charge is -2.12. The highest BCUT2D eigenvalue weighted by molar-refractivity contribution is 6.37. The molecule has 0 atom stereocenters. The second-order valence-electron chi connectivity index (χ2n) is 5.53. The van der Waals surface area contributed by atoms with Crippen LogP contribution in [-0.4, -0.2) is 35.5 Å². The summed E-state index contributed by atoms with van der Waals surface area (Å²) in [6.45, 7) is 0. The summed E-state index contributed by atoms with van der Waals surface area (Å²) < 4.78 is 37.9. The third kappa shape index (κ3) is 4.10. The van der Waals surface area contributed by atoms with Crippen molar-refractivity contribution in [3.8, 4) is 0 Å². The van der Waals surface area contributed by atoms with Gasteiger partial charge in [-0.2, -0.15) is 13.2 Å². The largest absolute Gasteiger partial charge is 0.417 e. The molecule has 0 bridgehead atoms. The molecule has 0 N–H and O–H groups in total. The van der Waals surface area contributed by atoms with Gasteiger partial charge in [-0.15, -0.1) is 0 Å². The van der Waals surface area contributed by atoms with Gasteiger partial charge in [0.05, 0.1) is 16.2 Å². The predicted octanol–water partition coefficient (Wildman–Crippen LogP) is 3.36. The van der Waals surface area contributed by atoms with Crippen molar-refractivity contribution in [2.45, 2.75) is 19.0 Å². The van der Waals surface area contributed by atoms with Crippen molar-refractivity contribution in [3.63, 3.8) is 0 Å². The minimum absolute atomic E-state index is 0.119. The molecule has 0 aromatic carbocycles. The molecule has 0 saturated heterocycles. The van der Waals surface area contributed by atoms with Crippen LogP contribution in [-0.2, 0) is 11.0 Å². The smallest absolute Gasteiger partial charge is 0.383 e. The Bertz CT molecular complexity index is 680. The molecule has 1 aromatic rings. The number of hydrogen-bond acceptors (Lipinski definition) is 4. The van der Waals surface area contributed by atoms with E-state index >= 15 is 0 Å². The molecule has 0 aliphatic heterocycles. The Hall–Kier alpha value is -1.89. The lowest BCUT2D eigenvalue weighted by Crippen LogP contribution is -2.20. The van der Waals surface area contributed by atoms with Gasteiger partial charge in [-0.3, -0.25) is 14.6 Å². The zero-order valence-corrected chi connectivity index (χ0v) is 13.2.